The van der Waals surface area contributed by atoms with Crippen LogP contribution in [0, 0.1) is 0 Å². The Bertz CT molecular complexity index is 501. The molecule has 0 bridgehead atoms. The zero-order chi connectivity index (χ0) is 19.2. The highest BCUT2D eigenvalue weighted by molar-refractivity contribution is 5.79. The van der Waals surface area contributed by atoms with E-state index in [4.69, 9.17) is 18.9 Å². The molecule has 0 radical (unpaired) electrons. The summed E-state index contributed by atoms with van der Waals surface area (Å²) >= 11 is 0. The number of nitrogens with zero attached hydrogens (tertiary/aromatic N) is 2. The topological polar surface area (TPSA) is 71.3 Å². The molecule has 0 amide bonds. The van der Waals surface area contributed by atoms with E-state index in [1.54, 1.807) is 13.4 Å². The molecule has 0 spiro atoms. The van der Waals surface area contributed by atoms with Crippen molar-refractivity contribution >= 4 is 5.96 Å². The molecule has 1 atom stereocenters. The van der Waals surface area contributed by atoms with Crippen LogP contribution in [-0.4, -0.2) is 77.1 Å². The monoisotopic (exact) mass is 380 g/mol. The molecule has 1 aliphatic heterocycles. The Morgan fingerprint density at radius 2 is 2.19 bits per heavy atom. The first-order valence-electron chi connectivity index (χ1n) is 10.1. The Labute approximate surface area is 163 Å². The van der Waals surface area contributed by atoms with E-state index in [-0.39, 0.29) is 6.10 Å². The second-order valence-electron chi connectivity index (χ2n) is 7.01. The van der Waals surface area contributed by atoms with Gasteiger partial charge in [0, 0.05) is 52.9 Å². The fourth-order valence-corrected chi connectivity index (χ4v) is 3.03. The lowest BCUT2D eigenvalue weighted by Crippen LogP contribution is -2.42. The number of ether oxygens (including phenoxy) is 2. The molecule has 154 valence electrons. The Balaban J connectivity index is 1.73. The molecule has 7 heteroatoms. The Morgan fingerprint density at radius 3 is 2.93 bits per heavy atom. The van der Waals surface area contributed by atoms with Crippen LogP contribution in [0.1, 0.15) is 31.4 Å². The minimum absolute atomic E-state index is 0.249. The molecule has 2 N–H and O–H groups in total. The summed E-state index contributed by atoms with van der Waals surface area (Å²) in [5.41, 5.74) is 0. The van der Waals surface area contributed by atoms with E-state index in [2.05, 4.69) is 22.6 Å². The predicted molar refractivity (Wildman–Crippen MR) is 108 cm³/mol. The maximum absolute atomic E-state index is 5.79. The quantitative estimate of drug-likeness (QED) is 0.328. The van der Waals surface area contributed by atoms with Gasteiger partial charge in [-0.3, -0.25) is 4.99 Å². The van der Waals surface area contributed by atoms with Gasteiger partial charge in [-0.25, -0.2) is 0 Å². The number of furan rings is 1. The number of hydrogen-bond donors (Lipinski definition) is 2. The van der Waals surface area contributed by atoms with Crippen molar-refractivity contribution in [3.8, 4) is 0 Å². The molecule has 2 rings (SSSR count). The van der Waals surface area contributed by atoms with Crippen LogP contribution in [0.25, 0.3) is 0 Å². The first-order valence-corrected chi connectivity index (χ1v) is 10.1. The summed E-state index contributed by atoms with van der Waals surface area (Å²) in [5.74, 6) is 1.83. The smallest absolute Gasteiger partial charge is 0.191 e. The molecule has 2 heterocycles. The lowest BCUT2D eigenvalue weighted by atomic mass is 10.1. The van der Waals surface area contributed by atoms with Gasteiger partial charge in [-0.1, -0.05) is 0 Å². The summed E-state index contributed by atoms with van der Waals surface area (Å²) in [7, 11) is 3.88. The van der Waals surface area contributed by atoms with Crippen LogP contribution in [0.2, 0.25) is 0 Å². The summed E-state index contributed by atoms with van der Waals surface area (Å²) < 4.78 is 16.3. The van der Waals surface area contributed by atoms with E-state index in [9.17, 15) is 0 Å². The number of methoxy groups -OCH3 is 1. The molecule has 1 unspecified atom stereocenters. The summed E-state index contributed by atoms with van der Waals surface area (Å²) in [5, 5.41) is 6.85. The van der Waals surface area contributed by atoms with E-state index in [1.165, 1.54) is 12.8 Å². The Kier molecular flexibility index (Phi) is 10.9. The van der Waals surface area contributed by atoms with Gasteiger partial charge in [0.2, 0.25) is 0 Å². The maximum atomic E-state index is 5.79. The first-order chi connectivity index (χ1) is 13.3. The number of hydrogen-bond acceptors (Lipinski definition) is 5. The Hall–Kier alpha value is -1.57. The van der Waals surface area contributed by atoms with Crippen molar-refractivity contribution in [3.63, 3.8) is 0 Å². The standard InChI is InChI=1S/C20H36N4O3/c1-24(12-6-14-25-2)13-11-22-20(21-10-9-18-8-5-16-26-18)23-17-19-7-3-4-15-27-19/h5,8,16,19H,3-4,6-7,9-15,17H2,1-2H3,(H2,21,22,23). The van der Waals surface area contributed by atoms with Crippen LogP contribution in [0.5, 0.6) is 0 Å². The molecular weight excluding hydrogens is 344 g/mol. The van der Waals surface area contributed by atoms with Gasteiger partial charge in [-0.15, -0.1) is 0 Å². The molecule has 1 fully saturated rings. The number of aliphatic imine (C=N–C) groups is 1. The van der Waals surface area contributed by atoms with Crippen molar-refractivity contribution in [2.45, 2.75) is 38.2 Å². The van der Waals surface area contributed by atoms with Crippen molar-refractivity contribution in [1.29, 1.82) is 0 Å². The molecule has 0 saturated carbocycles. The van der Waals surface area contributed by atoms with Crippen LogP contribution < -0.4 is 10.6 Å². The lowest BCUT2D eigenvalue weighted by molar-refractivity contribution is 0.0224. The summed E-state index contributed by atoms with van der Waals surface area (Å²) in [6.45, 7) is 6.00. The highest BCUT2D eigenvalue weighted by atomic mass is 16.5. The molecule has 1 aromatic heterocycles. The molecule has 0 aromatic carbocycles. The fourth-order valence-electron chi connectivity index (χ4n) is 3.03. The highest BCUT2D eigenvalue weighted by Gasteiger charge is 2.13. The van der Waals surface area contributed by atoms with Gasteiger partial charge >= 0.3 is 0 Å². The van der Waals surface area contributed by atoms with Gasteiger partial charge in [0.05, 0.1) is 18.9 Å². The van der Waals surface area contributed by atoms with Crippen LogP contribution in [0.3, 0.4) is 0 Å². The second-order valence-corrected chi connectivity index (χ2v) is 7.01. The molecule has 0 aliphatic carbocycles. The SMILES string of the molecule is COCCCN(C)CCNC(=NCC1CCCCO1)NCCc1ccco1. The fraction of sp³-hybridized carbons (Fsp3) is 0.750. The van der Waals surface area contributed by atoms with E-state index in [1.807, 2.05) is 12.1 Å². The normalized spacial score (nSPS) is 18.0. The van der Waals surface area contributed by atoms with Crippen molar-refractivity contribution in [2.24, 2.45) is 4.99 Å². The molecule has 7 nitrogen and oxygen atoms in total. The van der Waals surface area contributed by atoms with Crippen molar-refractivity contribution in [1.82, 2.24) is 15.5 Å². The van der Waals surface area contributed by atoms with Crippen LogP contribution in [-0.2, 0) is 15.9 Å². The summed E-state index contributed by atoms with van der Waals surface area (Å²) in [4.78, 5) is 7.04. The lowest BCUT2D eigenvalue weighted by Gasteiger charge is -2.22. The third-order valence-corrected chi connectivity index (χ3v) is 4.65. The van der Waals surface area contributed by atoms with Crippen molar-refractivity contribution in [3.05, 3.63) is 24.2 Å². The summed E-state index contributed by atoms with van der Waals surface area (Å²) in [6.07, 6.45) is 7.36. The number of likely N-dealkylation sites (N-methyl/N-ethyl adjacent to an activating group) is 1. The molecule has 1 aromatic rings. The zero-order valence-corrected chi connectivity index (χ0v) is 16.9. The number of guanidine groups is 1. The average molecular weight is 381 g/mol. The van der Waals surface area contributed by atoms with Gasteiger partial charge in [0.15, 0.2) is 5.96 Å². The van der Waals surface area contributed by atoms with E-state index in [0.717, 1.165) is 70.4 Å². The van der Waals surface area contributed by atoms with E-state index < -0.39 is 0 Å². The highest BCUT2D eigenvalue weighted by Crippen LogP contribution is 2.12. The van der Waals surface area contributed by atoms with Crippen molar-refractivity contribution in [2.75, 3.05) is 60.1 Å². The summed E-state index contributed by atoms with van der Waals surface area (Å²) in [6, 6.07) is 3.92. The van der Waals surface area contributed by atoms with E-state index in [0.29, 0.717) is 6.54 Å². The van der Waals surface area contributed by atoms with Gasteiger partial charge in [0.25, 0.3) is 0 Å². The van der Waals surface area contributed by atoms with E-state index >= 15 is 0 Å². The van der Waals surface area contributed by atoms with Gasteiger partial charge in [-0.2, -0.15) is 0 Å². The molecule has 1 saturated heterocycles. The van der Waals surface area contributed by atoms with Crippen LogP contribution >= 0.6 is 0 Å². The molecular formula is C20H36N4O3. The first kappa shape index (κ1) is 21.7. The third kappa shape index (κ3) is 9.79. The zero-order valence-electron chi connectivity index (χ0n) is 16.9. The van der Waals surface area contributed by atoms with Gasteiger partial charge in [0.1, 0.15) is 5.76 Å². The molecule has 27 heavy (non-hydrogen) atoms. The largest absolute Gasteiger partial charge is 0.469 e. The van der Waals surface area contributed by atoms with Crippen molar-refractivity contribution < 1.29 is 13.9 Å². The predicted octanol–water partition coefficient (Wildman–Crippen LogP) is 1.89. The van der Waals surface area contributed by atoms with Crippen LogP contribution in [0.4, 0.5) is 0 Å². The third-order valence-electron chi connectivity index (χ3n) is 4.65. The number of rotatable bonds is 12. The minimum Gasteiger partial charge on any atom is -0.469 e. The van der Waals surface area contributed by atoms with Crippen LogP contribution in [0.15, 0.2) is 27.8 Å². The van der Waals surface area contributed by atoms with Gasteiger partial charge < -0.3 is 29.4 Å². The van der Waals surface area contributed by atoms with Gasteiger partial charge in [-0.05, 0) is 44.9 Å². The second kappa shape index (κ2) is 13.6. The Morgan fingerprint density at radius 1 is 1.30 bits per heavy atom. The maximum Gasteiger partial charge on any atom is 0.191 e. The average Bonchev–Trinajstić information content (AvgIpc) is 3.20. The molecule has 1 aliphatic rings. The minimum atomic E-state index is 0.249. The number of nitrogens with one attached hydrogen (secondary N) is 2.